The zero-order valence-corrected chi connectivity index (χ0v) is 13.6. The normalized spacial score (nSPS) is 18.8. The molecule has 0 spiro atoms. The van der Waals surface area contributed by atoms with E-state index in [0.717, 1.165) is 55.7 Å². The molecule has 0 bridgehead atoms. The van der Waals surface area contributed by atoms with Crippen molar-refractivity contribution in [3.8, 4) is 0 Å². The number of ether oxygens (including phenoxy) is 1. The average Bonchev–Trinajstić information content (AvgIpc) is 2.98. The molecule has 1 unspecified atom stereocenters. The molecule has 5 heteroatoms. The molecule has 1 fully saturated rings. The third-order valence-corrected chi connectivity index (χ3v) is 4.13. The van der Waals surface area contributed by atoms with Crippen molar-refractivity contribution in [2.24, 2.45) is 10.9 Å². The van der Waals surface area contributed by atoms with Crippen molar-refractivity contribution in [3.05, 3.63) is 34.9 Å². The fourth-order valence-corrected chi connectivity index (χ4v) is 2.83. The molecule has 1 saturated heterocycles. The minimum atomic E-state index is 0.608. The van der Waals surface area contributed by atoms with Crippen molar-refractivity contribution in [1.82, 2.24) is 10.2 Å². The summed E-state index contributed by atoms with van der Waals surface area (Å²) in [6.45, 7) is 3.55. The Morgan fingerprint density at radius 1 is 1.48 bits per heavy atom. The summed E-state index contributed by atoms with van der Waals surface area (Å²) in [4.78, 5) is 6.51. The van der Waals surface area contributed by atoms with Gasteiger partial charge >= 0.3 is 0 Å². The van der Waals surface area contributed by atoms with E-state index in [0.29, 0.717) is 5.92 Å². The molecule has 21 heavy (non-hydrogen) atoms. The molecule has 1 heterocycles. The van der Waals surface area contributed by atoms with Crippen molar-refractivity contribution >= 4 is 17.6 Å². The van der Waals surface area contributed by atoms with Gasteiger partial charge in [0.2, 0.25) is 0 Å². The second-order valence-electron chi connectivity index (χ2n) is 5.43. The van der Waals surface area contributed by atoms with Crippen LogP contribution in [-0.2, 0) is 11.2 Å². The molecule has 1 aromatic carbocycles. The van der Waals surface area contributed by atoms with E-state index < -0.39 is 0 Å². The largest absolute Gasteiger partial charge is 0.381 e. The molecular weight excluding hydrogens is 286 g/mol. The van der Waals surface area contributed by atoms with Gasteiger partial charge in [-0.25, -0.2) is 0 Å². The highest BCUT2D eigenvalue weighted by atomic mass is 35.5. The predicted molar refractivity (Wildman–Crippen MR) is 88.1 cm³/mol. The van der Waals surface area contributed by atoms with Crippen LogP contribution in [0.5, 0.6) is 0 Å². The molecule has 0 radical (unpaired) electrons. The maximum absolute atomic E-state index is 6.17. The van der Waals surface area contributed by atoms with Gasteiger partial charge in [0.05, 0.1) is 6.61 Å². The van der Waals surface area contributed by atoms with E-state index in [-0.39, 0.29) is 0 Å². The van der Waals surface area contributed by atoms with Gasteiger partial charge in [-0.2, -0.15) is 0 Å². The quantitative estimate of drug-likeness (QED) is 0.670. The van der Waals surface area contributed by atoms with Crippen LogP contribution in [0.25, 0.3) is 0 Å². The number of nitrogens with one attached hydrogen (secondary N) is 1. The lowest BCUT2D eigenvalue weighted by Gasteiger charge is -2.24. The molecule has 116 valence electrons. The maximum Gasteiger partial charge on any atom is 0.193 e. The summed E-state index contributed by atoms with van der Waals surface area (Å²) in [5, 5.41) is 4.22. The molecule has 1 N–H and O–H groups in total. The highest BCUT2D eigenvalue weighted by Crippen LogP contribution is 2.15. The molecule has 1 atom stereocenters. The van der Waals surface area contributed by atoms with Crippen LogP contribution < -0.4 is 5.32 Å². The van der Waals surface area contributed by atoms with Gasteiger partial charge in [-0.3, -0.25) is 4.99 Å². The zero-order chi connectivity index (χ0) is 15.1. The molecule has 4 nitrogen and oxygen atoms in total. The Labute approximate surface area is 132 Å². The van der Waals surface area contributed by atoms with Gasteiger partial charge in [0.1, 0.15) is 0 Å². The van der Waals surface area contributed by atoms with Gasteiger partial charge in [0, 0.05) is 44.7 Å². The first-order valence-corrected chi connectivity index (χ1v) is 7.81. The zero-order valence-electron chi connectivity index (χ0n) is 12.8. The van der Waals surface area contributed by atoms with Crippen LogP contribution >= 0.6 is 11.6 Å². The van der Waals surface area contributed by atoms with Crippen molar-refractivity contribution in [2.45, 2.75) is 12.8 Å². The summed E-state index contributed by atoms with van der Waals surface area (Å²) in [6, 6.07) is 7.96. The van der Waals surface area contributed by atoms with E-state index in [2.05, 4.69) is 28.3 Å². The van der Waals surface area contributed by atoms with Crippen molar-refractivity contribution in [1.29, 1.82) is 0 Å². The molecule has 1 aliphatic rings. The van der Waals surface area contributed by atoms with E-state index >= 15 is 0 Å². The first-order valence-electron chi connectivity index (χ1n) is 7.43. The summed E-state index contributed by atoms with van der Waals surface area (Å²) in [5.41, 5.74) is 1.16. The number of benzene rings is 1. The van der Waals surface area contributed by atoms with Crippen LogP contribution in [0, 0.1) is 5.92 Å². The van der Waals surface area contributed by atoms with Crippen molar-refractivity contribution < 1.29 is 4.74 Å². The molecular formula is C16H24ClN3O. The molecule has 0 amide bonds. The second kappa shape index (κ2) is 8.25. The number of aliphatic imine (C=N–C) groups is 1. The maximum atomic E-state index is 6.17. The molecule has 0 aliphatic carbocycles. The Morgan fingerprint density at radius 2 is 2.29 bits per heavy atom. The van der Waals surface area contributed by atoms with Gasteiger partial charge in [0.25, 0.3) is 0 Å². The minimum absolute atomic E-state index is 0.608. The topological polar surface area (TPSA) is 36.9 Å². The van der Waals surface area contributed by atoms with Crippen LogP contribution in [0.15, 0.2) is 29.3 Å². The van der Waals surface area contributed by atoms with Gasteiger partial charge in [-0.15, -0.1) is 0 Å². The fraction of sp³-hybridized carbons (Fsp3) is 0.562. The molecule has 0 saturated carbocycles. The average molecular weight is 310 g/mol. The number of hydrogen-bond donors (Lipinski definition) is 1. The number of guanidine groups is 1. The number of nitrogens with zero attached hydrogens (tertiary/aromatic N) is 2. The van der Waals surface area contributed by atoms with Gasteiger partial charge < -0.3 is 15.0 Å². The van der Waals surface area contributed by atoms with Crippen molar-refractivity contribution in [3.63, 3.8) is 0 Å². The lowest BCUT2D eigenvalue weighted by molar-refractivity contribution is 0.181. The summed E-state index contributed by atoms with van der Waals surface area (Å²) in [6.07, 6.45) is 2.03. The first kappa shape index (κ1) is 16.1. The molecule has 1 aliphatic heterocycles. The molecule has 0 aromatic heterocycles. The Morgan fingerprint density at radius 3 is 2.95 bits per heavy atom. The van der Waals surface area contributed by atoms with Crippen LogP contribution in [0.2, 0.25) is 5.02 Å². The predicted octanol–water partition coefficient (Wildman–Crippen LogP) is 2.43. The fourth-order valence-electron chi connectivity index (χ4n) is 2.60. The van der Waals surface area contributed by atoms with Crippen LogP contribution in [-0.4, -0.2) is 51.3 Å². The van der Waals surface area contributed by atoms with Gasteiger partial charge in [-0.1, -0.05) is 29.8 Å². The molecule has 1 aromatic rings. The number of rotatable bonds is 5. The Balaban J connectivity index is 1.78. The Bertz CT molecular complexity index is 472. The van der Waals surface area contributed by atoms with Crippen LogP contribution in [0.4, 0.5) is 0 Å². The summed E-state index contributed by atoms with van der Waals surface area (Å²) in [5.74, 6) is 1.53. The lowest BCUT2D eigenvalue weighted by Crippen LogP contribution is -2.42. The van der Waals surface area contributed by atoms with Crippen LogP contribution in [0.1, 0.15) is 12.0 Å². The summed E-state index contributed by atoms with van der Waals surface area (Å²) >= 11 is 6.17. The summed E-state index contributed by atoms with van der Waals surface area (Å²) < 4.78 is 5.42. The third-order valence-electron chi connectivity index (χ3n) is 3.76. The van der Waals surface area contributed by atoms with E-state index in [1.165, 1.54) is 0 Å². The Hall–Kier alpha value is -1.26. The van der Waals surface area contributed by atoms with Gasteiger partial charge in [0.15, 0.2) is 5.96 Å². The second-order valence-corrected chi connectivity index (χ2v) is 5.83. The highest BCUT2D eigenvalue weighted by molar-refractivity contribution is 6.31. The monoisotopic (exact) mass is 309 g/mol. The van der Waals surface area contributed by atoms with E-state index in [1.807, 2.05) is 25.2 Å². The van der Waals surface area contributed by atoms with Crippen LogP contribution in [0.3, 0.4) is 0 Å². The third kappa shape index (κ3) is 4.90. The smallest absolute Gasteiger partial charge is 0.193 e. The standard InChI is InChI=1S/C16H24ClN3O/c1-18-16(20(2)11-13-8-10-21-12-13)19-9-7-14-5-3-4-6-15(14)17/h3-6,13H,7-12H2,1-2H3,(H,18,19). The first-order chi connectivity index (χ1) is 10.2. The summed E-state index contributed by atoms with van der Waals surface area (Å²) in [7, 11) is 3.89. The van der Waals surface area contributed by atoms with E-state index in [9.17, 15) is 0 Å². The van der Waals surface area contributed by atoms with E-state index in [1.54, 1.807) is 0 Å². The van der Waals surface area contributed by atoms with Crippen molar-refractivity contribution in [2.75, 3.05) is 40.4 Å². The highest BCUT2D eigenvalue weighted by Gasteiger charge is 2.18. The lowest BCUT2D eigenvalue weighted by atomic mass is 10.1. The van der Waals surface area contributed by atoms with Gasteiger partial charge in [-0.05, 0) is 24.5 Å². The SMILES string of the molecule is CN=C(NCCc1ccccc1Cl)N(C)CC1CCOC1. The molecule has 2 rings (SSSR count). The number of hydrogen-bond acceptors (Lipinski definition) is 2. The number of halogens is 1. The Kier molecular flexibility index (Phi) is 6.33. The minimum Gasteiger partial charge on any atom is -0.381 e. The van der Waals surface area contributed by atoms with E-state index in [4.69, 9.17) is 16.3 Å².